The maximum absolute atomic E-state index is 5.04. The van der Waals surface area contributed by atoms with Gasteiger partial charge in [-0.15, -0.1) is 0 Å². The normalized spacial score (nSPS) is 15.8. The van der Waals surface area contributed by atoms with Crippen molar-refractivity contribution in [2.75, 3.05) is 20.3 Å². The van der Waals surface area contributed by atoms with Gasteiger partial charge in [-0.2, -0.15) is 11.8 Å². The number of thioether (sulfide) groups is 1. The fourth-order valence-corrected chi connectivity index (χ4v) is 3.94. The summed E-state index contributed by atoms with van der Waals surface area (Å²) in [7, 11) is 1.72. The van der Waals surface area contributed by atoms with E-state index < -0.39 is 0 Å². The molecule has 118 valence electrons. The Morgan fingerprint density at radius 1 is 1.19 bits per heavy atom. The van der Waals surface area contributed by atoms with Crippen LogP contribution in [0.2, 0.25) is 0 Å². The summed E-state index contributed by atoms with van der Waals surface area (Å²) in [4.78, 5) is 9.38. The minimum atomic E-state index is 0.731. The van der Waals surface area contributed by atoms with Crippen molar-refractivity contribution in [1.82, 2.24) is 15.3 Å². The number of aromatic nitrogens is 2. The van der Waals surface area contributed by atoms with E-state index in [9.17, 15) is 0 Å². The molecule has 0 amide bonds. The molecule has 1 saturated carbocycles. The summed E-state index contributed by atoms with van der Waals surface area (Å²) in [5, 5.41) is 4.19. The summed E-state index contributed by atoms with van der Waals surface area (Å²) >= 11 is 2.03. The number of aryl methyl sites for hydroxylation is 2. The predicted molar refractivity (Wildman–Crippen MR) is 88.6 cm³/mol. The van der Waals surface area contributed by atoms with Crippen LogP contribution in [0.15, 0.2) is 0 Å². The van der Waals surface area contributed by atoms with Gasteiger partial charge in [-0.1, -0.05) is 12.8 Å². The number of nitrogens with zero attached hydrogens (tertiary/aromatic N) is 2. The molecule has 1 aromatic rings. The van der Waals surface area contributed by atoms with Crippen LogP contribution in [0.5, 0.6) is 0 Å². The molecule has 1 aliphatic carbocycles. The molecule has 1 aliphatic rings. The number of hydrogen-bond donors (Lipinski definition) is 1. The zero-order chi connectivity index (χ0) is 15.1. The van der Waals surface area contributed by atoms with E-state index in [1.807, 2.05) is 11.8 Å². The van der Waals surface area contributed by atoms with Gasteiger partial charge in [0.15, 0.2) is 0 Å². The molecule has 0 aromatic carbocycles. The third kappa shape index (κ3) is 5.24. The van der Waals surface area contributed by atoms with Crippen molar-refractivity contribution in [2.45, 2.75) is 57.1 Å². The molecule has 0 saturated heterocycles. The average Bonchev–Trinajstić information content (AvgIpc) is 2.97. The van der Waals surface area contributed by atoms with Crippen LogP contribution in [0.25, 0.3) is 0 Å². The molecule has 2 rings (SSSR count). The van der Waals surface area contributed by atoms with Gasteiger partial charge in [-0.25, -0.2) is 9.97 Å². The molecule has 1 heterocycles. The summed E-state index contributed by atoms with van der Waals surface area (Å²) in [5.74, 6) is 1.94. The van der Waals surface area contributed by atoms with Crippen molar-refractivity contribution in [2.24, 2.45) is 0 Å². The second-order valence-corrected chi connectivity index (χ2v) is 6.96. The first-order valence-corrected chi connectivity index (χ1v) is 8.90. The molecule has 21 heavy (non-hydrogen) atoms. The number of nitrogens with one attached hydrogen (secondary N) is 1. The maximum atomic E-state index is 5.04. The highest BCUT2D eigenvalue weighted by atomic mass is 32.2. The van der Waals surface area contributed by atoms with E-state index >= 15 is 0 Å². The van der Waals surface area contributed by atoms with Crippen molar-refractivity contribution in [3.8, 4) is 0 Å². The van der Waals surface area contributed by atoms with Crippen LogP contribution in [-0.2, 0) is 17.0 Å². The lowest BCUT2D eigenvalue weighted by Crippen LogP contribution is -2.20. The summed E-state index contributed by atoms with van der Waals surface area (Å²) in [6.07, 6.45) is 5.51. The fraction of sp³-hybridized carbons (Fsp3) is 0.750. The maximum Gasteiger partial charge on any atom is 0.138 e. The molecule has 1 N–H and O–H groups in total. The van der Waals surface area contributed by atoms with Crippen molar-refractivity contribution >= 4 is 11.8 Å². The molecule has 1 aromatic heterocycles. The third-order valence-corrected chi connectivity index (χ3v) is 5.37. The van der Waals surface area contributed by atoms with Crippen LogP contribution in [0.3, 0.4) is 0 Å². The monoisotopic (exact) mass is 309 g/mol. The van der Waals surface area contributed by atoms with Gasteiger partial charge in [0, 0.05) is 42.4 Å². The lowest BCUT2D eigenvalue weighted by atomic mass is 10.1. The van der Waals surface area contributed by atoms with Gasteiger partial charge in [-0.05, 0) is 26.7 Å². The molecule has 0 atom stereocenters. The molecular weight excluding hydrogens is 282 g/mol. The zero-order valence-electron chi connectivity index (χ0n) is 13.4. The Morgan fingerprint density at radius 3 is 2.48 bits per heavy atom. The van der Waals surface area contributed by atoms with Crippen LogP contribution in [0, 0.1) is 13.8 Å². The Labute approximate surface area is 132 Å². The molecule has 0 spiro atoms. The van der Waals surface area contributed by atoms with E-state index in [2.05, 4.69) is 19.2 Å². The van der Waals surface area contributed by atoms with Gasteiger partial charge < -0.3 is 10.1 Å². The second-order valence-electron chi connectivity index (χ2n) is 5.68. The Morgan fingerprint density at radius 2 is 1.86 bits per heavy atom. The smallest absolute Gasteiger partial charge is 0.138 e. The van der Waals surface area contributed by atoms with Crippen molar-refractivity contribution in [3.63, 3.8) is 0 Å². The van der Waals surface area contributed by atoms with Crippen LogP contribution in [0.1, 0.15) is 48.5 Å². The van der Waals surface area contributed by atoms with E-state index in [0.29, 0.717) is 0 Å². The molecule has 0 unspecified atom stereocenters. The van der Waals surface area contributed by atoms with Crippen LogP contribution < -0.4 is 5.32 Å². The Bertz CT molecular complexity index is 424. The SMILES string of the molecule is COCCNCc1c(C)nc(CSC2CCCC2)nc1C. The van der Waals surface area contributed by atoms with E-state index in [4.69, 9.17) is 14.7 Å². The van der Waals surface area contributed by atoms with E-state index in [1.165, 1.54) is 31.2 Å². The van der Waals surface area contributed by atoms with Gasteiger partial charge in [0.05, 0.1) is 12.4 Å². The van der Waals surface area contributed by atoms with Crippen molar-refractivity contribution < 1.29 is 4.74 Å². The number of methoxy groups -OCH3 is 1. The first-order valence-electron chi connectivity index (χ1n) is 7.85. The molecule has 0 aliphatic heterocycles. The highest BCUT2D eigenvalue weighted by Gasteiger charge is 2.16. The number of ether oxygens (including phenoxy) is 1. The van der Waals surface area contributed by atoms with Gasteiger partial charge in [0.1, 0.15) is 5.82 Å². The van der Waals surface area contributed by atoms with Gasteiger partial charge in [0.25, 0.3) is 0 Å². The molecule has 4 nitrogen and oxygen atoms in total. The predicted octanol–water partition coefficient (Wildman–Crippen LogP) is 3.01. The summed E-state index contributed by atoms with van der Waals surface area (Å²) in [6, 6.07) is 0. The highest BCUT2D eigenvalue weighted by molar-refractivity contribution is 7.99. The quantitative estimate of drug-likeness (QED) is 0.748. The fourth-order valence-electron chi connectivity index (χ4n) is 2.76. The first-order chi connectivity index (χ1) is 10.2. The van der Waals surface area contributed by atoms with Gasteiger partial charge >= 0.3 is 0 Å². The van der Waals surface area contributed by atoms with E-state index in [0.717, 1.165) is 47.9 Å². The Kier molecular flexibility index (Phi) is 6.93. The largest absolute Gasteiger partial charge is 0.383 e. The lowest BCUT2D eigenvalue weighted by Gasteiger charge is -2.13. The summed E-state index contributed by atoms with van der Waals surface area (Å²) in [6.45, 7) is 6.58. The van der Waals surface area contributed by atoms with E-state index in [1.54, 1.807) is 7.11 Å². The van der Waals surface area contributed by atoms with E-state index in [-0.39, 0.29) is 0 Å². The van der Waals surface area contributed by atoms with Crippen LogP contribution >= 0.6 is 11.8 Å². The minimum absolute atomic E-state index is 0.731. The zero-order valence-corrected chi connectivity index (χ0v) is 14.3. The third-order valence-electron chi connectivity index (χ3n) is 4.00. The molecule has 0 bridgehead atoms. The Hall–Kier alpha value is -0.650. The highest BCUT2D eigenvalue weighted by Crippen LogP contribution is 2.31. The standard InChI is InChI=1S/C16H27N3OS/c1-12-15(10-17-8-9-20-3)13(2)19-16(18-12)11-21-14-6-4-5-7-14/h14,17H,4-11H2,1-3H3. The van der Waals surface area contributed by atoms with Crippen LogP contribution in [0.4, 0.5) is 0 Å². The van der Waals surface area contributed by atoms with Crippen LogP contribution in [-0.4, -0.2) is 35.5 Å². The molecule has 0 radical (unpaired) electrons. The number of hydrogen-bond acceptors (Lipinski definition) is 5. The van der Waals surface area contributed by atoms with Crippen molar-refractivity contribution in [1.29, 1.82) is 0 Å². The average molecular weight is 309 g/mol. The first kappa shape index (κ1) is 16.7. The van der Waals surface area contributed by atoms with Crippen molar-refractivity contribution in [3.05, 3.63) is 22.8 Å². The lowest BCUT2D eigenvalue weighted by molar-refractivity contribution is 0.199. The van der Waals surface area contributed by atoms with Gasteiger partial charge in [0.2, 0.25) is 0 Å². The minimum Gasteiger partial charge on any atom is -0.383 e. The topological polar surface area (TPSA) is 47.0 Å². The summed E-state index contributed by atoms with van der Waals surface area (Å²) in [5.41, 5.74) is 3.43. The van der Waals surface area contributed by atoms with Gasteiger partial charge in [-0.3, -0.25) is 0 Å². The molecular formula is C16H27N3OS. The molecule has 5 heteroatoms. The molecule has 1 fully saturated rings. The number of rotatable bonds is 8. The Balaban J connectivity index is 1.89. The second kappa shape index (κ2) is 8.71. The summed E-state index contributed by atoms with van der Waals surface area (Å²) < 4.78 is 5.04.